The number of hydrogen-bond donors (Lipinski definition) is 3. The van der Waals surface area contributed by atoms with Crippen LogP contribution in [-0.4, -0.2) is 28.7 Å². The van der Waals surface area contributed by atoms with Gasteiger partial charge in [-0.1, -0.05) is 20.3 Å². The highest BCUT2D eigenvalue weighted by Crippen LogP contribution is 2.31. The molecule has 1 atom stereocenters. The van der Waals surface area contributed by atoms with Gasteiger partial charge in [0.05, 0.1) is 0 Å². The molecule has 5 heteroatoms. The van der Waals surface area contributed by atoms with Gasteiger partial charge in [-0.05, 0) is 32.1 Å². The van der Waals surface area contributed by atoms with Crippen molar-refractivity contribution in [2.45, 2.75) is 64.0 Å². The summed E-state index contributed by atoms with van der Waals surface area (Å²) in [5, 5.41) is 14.5. The van der Waals surface area contributed by atoms with Crippen LogP contribution < -0.4 is 10.6 Å². The molecular weight excluding hydrogens is 220 g/mol. The lowest BCUT2D eigenvalue weighted by atomic mass is 9.77. The fraction of sp³-hybridized carbons (Fsp3) is 0.833. The van der Waals surface area contributed by atoms with Gasteiger partial charge in [-0.2, -0.15) is 0 Å². The molecule has 0 aromatic heterocycles. The number of hydrogen-bond acceptors (Lipinski definition) is 2. The SMILES string of the molecule is CCCC(CC)NC(=O)NC1(C(=O)O)CCC1. The van der Waals surface area contributed by atoms with Gasteiger partial charge in [0.15, 0.2) is 0 Å². The van der Waals surface area contributed by atoms with E-state index in [1.165, 1.54) is 0 Å². The summed E-state index contributed by atoms with van der Waals surface area (Å²) >= 11 is 0. The Labute approximate surface area is 102 Å². The first kappa shape index (κ1) is 13.8. The number of carbonyl (C=O) groups excluding carboxylic acids is 1. The summed E-state index contributed by atoms with van der Waals surface area (Å²) in [4.78, 5) is 22.8. The van der Waals surface area contributed by atoms with Crippen LogP contribution in [0.5, 0.6) is 0 Å². The summed E-state index contributed by atoms with van der Waals surface area (Å²) in [5.41, 5.74) is -1.02. The highest BCUT2D eigenvalue weighted by atomic mass is 16.4. The molecule has 0 radical (unpaired) electrons. The van der Waals surface area contributed by atoms with Crippen LogP contribution >= 0.6 is 0 Å². The maximum Gasteiger partial charge on any atom is 0.329 e. The summed E-state index contributed by atoms with van der Waals surface area (Å²) in [6.07, 6.45) is 4.70. The standard InChI is InChI=1S/C12H22N2O3/c1-3-6-9(4-2)13-11(17)14-12(10(15)16)7-5-8-12/h9H,3-8H2,1-2H3,(H,15,16)(H2,13,14,17). The van der Waals surface area contributed by atoms with E-state index < -0.39 is 11.5 Å². The van der Waals surface area contributed by atoms with E-state index in [9.17, 15) is 9.59 Å². The predicted molar refractivity (Wildman–Crippen MR) is 64.9 cm³/mol. The third-order valence-electron chi connectivity index (χ3n) is 3.43. The van der Waals surface area contributed by atoms with Crippen LogP contribution in [0.4, 0.5) is 4.79 Å². The lowest BCUT2D eigenvalue weighted by Crippen LogP contribution is -2.61. The maximum atomic E-state index is 11.7. The van der Waals surface area contributed by atoms with Crippen LogP contribution in [0.15, 0.2) is 0 Å². The van der Waals surface area contributed by atoms with Crippen molar-refractivity contribution in [3.63, 3.8) is 0 Å². The minimum atomic E-state index is -1.02. The minimum Gasteiger partial charge on any atom is -0.480 e. The molecule has 0 bridgehead atoms. The van der Waals surface area contributed by atoms with Crippen molar-refractivity contribution < 1.29 is 14.7 Å². The quantitative estimate of drug-likeness (QED) is 0.665. The van der Waals surface area contributed by atoms with E-state index in [0.29, 0.717) is 12.8 Å². The molecule has 1 aliphatic rings. The molecule has 0 spiro atoms. The van der Waals surface area contributed by atoms with Gasteiger partial charge in [-0.25, -0.2) is 9.59 Å². The average Bonchev–Trinajstić information content (AvgIpc) is 2.22. The van der Waals surface area contributed by atoms with E-state index in [1.54, 1.807) is 0 Å². The topological polar surface area (TPSA) is 78.4 Å². The molecule has 1 saturated carbocycles. The lowest BCUT2D eigenvalue weighted by molar-refractivity contribution is -0.148. The van der Waals surface area contributed by atoms with E-state index in [-0.39, 0.29) is 12.1 Å². The molecule has 17 heavy (non-hydrogen) atoms. The number of carboxylic acid groups (broad SMARTS) is 1. The summed E-state index contributed by atoms with van der Waals surface area (Å²) in [6.45, 7) is 4.07. The Morgan fingerprint density at radius 3 is 2.35 bits per heavy atom. The zero-order valence-corrected chi connectivity index (χ0v) is 10.6. The van der Waals surface area contributed by atoms with Gasteiger partial charge in [0.1, 0.15) is 5.54 Å². The molecular formula is C12H22N2O3. The first-order valence-electron chi connectivity index (χ1n) is 6.36. The molecule has 0 heterocycles. The molecule has 1 unspecified atom stereocenters. The van der Waals surface area contributed by atoms with E-state index in [0.717, 1.165) is 25.7 Å². The second-order valence-corrected chi connectivity index (χ2v) is 4.73. The fourth-order valence-electron chi connectivity index (χ4n) is 2.09. The normalized spacial score (nSPS) is 18.9. The number of carbonyl (C=O) groups is 2. The molecule has 2 amide bonds. The van der Waals surface area contributed by atoms with Gasteiger partial charge in [0.2, 0.25) is 0 Å². The van der Waals surface area contributed by atoms with Crippen molar-refractivity contribution in [2.24, 2.45) is 0 Å². The van der Waals surface area contributed by atoms with Crippen molar-refractivity contribution in [1.82, 2.24) is 10.6 Å². The molecule has 0 aromatic rings. The summed E-state index contributed by atoms with van der Waals surface area (Å²) in [5.74, 6) is -0.928. The highest BCUT2D eigenvalue weighted by molar-refractivity contribution is 5.87. The second-order valence-electron chi connectivity index (χ2n) is 4.73. The Balaban J connectivity index is 2.45. The first-order chi connectivity index (χ1) is 8.04. The lowest BCUT2D eigenvalue weighted by Gasteiger charge is -2.38. The van der Waals surface area contributed by atoms with Crippen molar-refractivity contribution in [3.05, 3.63) is 0 Å². The maximum absolute atomic E-state index is 11.7. The van der Waals surface area contributed by atoms with Gasteiger partial charge in [-0.15, -0.1) is 0 Å². The Kier molecular flexibility index (Phi) is 4.78. The summed E-state index contributed by atoms with van der Waals surface area (Å²) in [7, 11) is 0. The molecule has 0 aliphatic heterocycles. The summed E-state index contributed by atoms with van der Waals surface area (Å²) < 4.78 is 0. The van der Waals surface area contributed by atoms with Gasteiger partial charge in [-0.3, -0.25) is 0 Å². The molecule has 98 valence electrons. The van der Waals surface area contributed by atoms with Gasteiger partial charge in [0, 0.05) is 6.04 Å². The zero-order valence-electron chi connectivity index (χ0n) is 10.6. The van der Waals surface area contributed by atoms with Gasteiger partial charge >= 0.3 is 12.0 Å². The Morgan fingerprint density at radius 1 is 1.35 bits per heavy atom. The predicted octanol–water partition coefficient (Wildman–Crippen LogP) is 1.87. The molecule has 3 N–H and O–H groups in total. The first-order valence-corrected chi connectivity index (χ1v) is 6.36. The van der Waals surface area contributed by atoms with Crippen LogP contribution in [0.25, 0.3) is 0 Å². The molecule has 1 aliphatic carbocycles. The van der Waals surface area contributed by atoms with Crippen molar-refractivity contribution in [1.29, 1.82) is 0 Å². The third kappa shape index (κ3) is 3.35. The smallest absolute Gasteiger partial charge is 0.329 e. The van der Waals surface area contributed by atoms with Crippen LogP contribution in [0, 0.1) is 0 Å². The van der Waals surface area contributed by atoms with E-state index >= 15 is 0 Å². The Hall–Kier alpha value is -1.26. The average molecular weight is 242 g/mol. The van der Waals surface area contributed by atoms with E-state index in [2.05, 4.69) is 17.6 Å². The largest absolute Gasteiger partial charge is 0.480 e. The number of urea groups is 1. The zero-order chi connectivity index (χ0) is 12.9. The minimum absolute atomic E-state index is 0.130. The third-order valence-corrected chi connectivity index (χ3v) is 3.43. The Morgan fingerprint density at radius 2 is 2.00 bits per heavy atom. The van der Waals surface area contributed by atoms with Crippen molar-refractivity contribution >= 4 is 12.0 Å². The number of carboxylic acids is 1. The number of rotatable bonds is 6. The highest BCUT2D eigenvalue weighted by Gasteiger charge is 2.45. The summed E-state index contributed by atoms with van der Waals surface area (Å²) in [6, 6.07) is -0.224. The monoisotopic (exact) mass is 242 g/mol. The molecule has 0 saturated heterocycles. The van der Waals surface area contributed by atoms with Gasteiger partial charge in [0.25, 0.3) is 0 Å². The van der Waals surface area contributed by atoms with Gasteiger partial charge < -0.3 is 15.7 Å². The van der Waals surface area contributed by atoms with E-state index in [4.69, 9.17) is 5.11 Å². The molecule has 5 nitrogen and oxygen atoms in total. The Bertz CT molecular complexity index is 287. The molecule has 1 rings (SSSR count). The van der Waals surface area contributed by atoms with Crippen LogP contribution in [-0.2, 0) is 4.79 Å². The number of aliphatic carboxylic acids is 1. The van der Waals surface area contributed by atoms with E-state index in [1.807, 2.05) is 6.92 Å². The fourth-order valence-corrected chi connectivity index (χ4v) is 2.09. The van der Waals surface area contributed by atoms with Crippen molar-refractivity contribution in [2.75, 3.05) is 0 Å². The van der Waals surface area contributed by atoms with Crippen LogP contribution in [0.3, 0.4) is 0 Å². The number of nitrogens with one attached hydrogen (secondary N) is 2. The molecule has 1 fully saturated rings. The van der Waals surface area contributed by atoms with Crippen LogP contribution in [0.2, 0.25) is 0 Å². The molecule has 0 aromatic carbocycles. The second kappa shape index (κ2) is 5.89. The number of amides is 2. The van der Waals surface area contributed by atoms with Crippen molar-refractivity contribution in [3.8, 4) is 0 Å². The van der Waals surface area contributed by atoms with Crippen LogP contribution in [0.1, 0.15) is 52.4 Å².